The maximum atomic E-state index is 11.7. The topological polar surface area (TPSA) is 97.7 Å². The lowest BCUT2D eigenvalue weighted by Gasteiger charge is -2.03. The maximum Gasteiger partial charge on any atom is 0.221 e. The number of amides is 1. The SMILES string of the molecule is COc1ccc(Cn2cc(NC(C)=O)c(-c3nc(-c4ccccc4)n[nH]3)n2)cc1. The van der Waals surface area contributed by atoms with Crippen LogP contribution in [-0.4, -0.2) is 38.0 Å². The van der Waals surface area contributed by atoms with Crippen molar-refractivity contribution in [2.45, 2.75) is 13.5 Å². The Morgan fingerprint density at radius 2 is 1.90 bits per heavy atom. The van der Waals surface area contributed by atoms with Gasteiger partial charge in [-0.05, 0) is 17.7 Å². The molecule has 8 nitrogen and oxygen atoms in total. The van der Waals surface area contributed by atoms with Gasteiger partial charge in [0.15, 0.2) is 17.3 Å². The number of aromatic nitrogens is 5. The smallest absolute Gasteiger partial charge is 0.221 e. The summed E-state index contributed by atoms with van der Waals surface area (Å²) in [6.45, 7) is 2.00. The highest BCUT2D eigenvalue weighted by molar-refractivity contribution is 5.92. The molecule has 0 saturated heterocycles. The van der Waals surface area contributed by atoms with Gasteiger partial charge in [0.1, 0.15) is 5.75 Å². The van der Waals surface area contributed by atoms with Crippen LogP contribution in [0.5, 0.6) is 5.75 Å². The summed E-state index contributed by atoms with van der Waals surface area (Å²) in [7, 11) is 1.63. The molecule has 29 heavy (non-hydrogen) atoms. The van der Waals surface area contributed by atoms with Gasteiger partial charge < -0.3 is 10.1 Å². The molecule has 0 radical (unpaired) electrons. The number of rotatable bonds is 6. The molecule has 0 unspecified atom stereocenters. The molecule has 2 N–H and O–H groups in total. The minimum Gasteiger partial charge on any atom is -0.497 e. The van der Waals surface area contributed by atoms with Crippen LogP contribution in [0, 0.1) is 0 Å². The summed E-state index contributed by atoms with van der Waals surface area (Å²) in [5.41, 5.74) is 3.05. The third-order valence-corrected chi connectivity index (χ3v) is 4.32. The summed E-state index contributed by atoms with van der Waals surface area (Å²) < 4.78 is 6.95. The second kappa shape index (κ2) is 7.97. The van der Waals surface area contributed by atoms with Gasteiger partial charge in [0.25, 0.3) is 0 Å². The van der Waals surface area contributed by atoms with E-state index in [4.69, 9.17) is 4.74 Å². The van der Waals surface area contributed by atoms with Crippen LogP contribution in [0.1, 0.15) is 12.5 Å². The van der Waals surface area contributed by atoms with Crippen LogP contribution in [0.25, 0.3) is 22.9 Å². The summed E-state index contributed by atoms with van der Waals surface area (Å²) in [5.74, 6) is 1.67. The van der Waals surface area contributed by atoms with Crippen molar-refractivity contribution >= 4 is 11.6 Å². The van der Waals surface area contributed by atoms with Gasteiger partial charge in [-0.1, -0.05) is 42.5 Å². The summed E-state index contributed by atoms with van der Waals surface area (Å²) in [5, 5.41) is 14.6. The first-order chi connectivity index (χ1) is 14.1. The molecule has 2 aromatic heterocycles. The molecule has 146 valence electrons. The molecule has 2 heterocycles. The van der Waals surface area contributed by atoms with Gasteiger partial charge in [0, 0.05) is 18.7 Å². The van der Waals surface area contributed by atoms with Crippen molar-refractivity contribution < 1.29 is 9.53 Å². The van der Waals surface area contributed by atoms with E-state index in [1.54, 1.807) is 18.0 Å². The van der Waals surface area contributed by atoms with Gasteiger partial charge in [-0.25, -0.2) is 4.98 Å². The van der Waals surface area contributed by atoms with Gasteiger partial charge in [-0.3, -0.25) is 14.6 Å². The van der Waals surface area contributed by atoms with E-state index in [1.165, 1.54) is 6.92 Å². The summed E-state index contributed by atoms with van der Waals surface area (Å²) in [6, 6.07) is 17.4. The highest BCUT2D eigenvalue weighted by Gasteiger charge is 2.17. The van der Waals surface area contributed by atoms with Crippen LogP contribution in [0.2, 0.25) is 0 Å². The number of ether oxygens (including phenoxy) is 1. The highest BCUT2D eigenvalue weighted by Crippen LogP contribution is 2.26. The van der Waals surface area contributed by atoms with Crippen molar-refractivity contribution in [3.05, 3.63) is 66.4 Å². The van der Waals surface area contributed by atoms with E-state index in [-0.39, 0.29) is 5.91 Å². The predicted octanol–water partition coefficient (Wildman–Crippen LogP) is 3.35. The number of methoxy groups -OCH3 is 1. The zero-order valence-corrected chi connectivity index (χ0v) is 16.1. The second-order valence-corrected chi connectivity index (χ2v) is 6.49. The molecule has 0 spiro atoms. The average molecular weight is 388 g/mol. The second-order valence-electron chi connectivity index (χ2n) is 6.49. The molecular weight excluding hydrogens is 368 g/mol. The monoisotopic (exact) mass is 388 g/mol. The zero-order chi connectivity index (χ0) is 20.2. The Morgan fingerprint density at radius 3 is 2.59 bits per heavy atom. The number of hydrogen-bond acceptors (Lipinski definition) is 5. The number of benzene rings is 2. The van der Waals surface area contributed by atoms with Crippen molar-refractivity contribution in [3.8, 4) is 28.7 Å². The quantitative estimate of drug-likeness (QED) is 0.528. The van der Waals surface area contributed by atoms with Gasteiger partial charge in [0.05, 0.1) is 19.3 Å². The molecule has 0 saturated carbocycles. The molecule has 0 bridgehead atoms. The van der Waals surface area contributed by atoms with Gasteiger partial charge in [-0.15, -0.1) is 0 Å². The molecule has 0 aliphatic heterocycles. The van der Waals surface area contributed by atoms with E-state index in [1.807, 2.05) is 54.6 Å². The Hall–Kier alpha value is -3.94. The molecule has 0 aliphatic carbocycles. The fourth-order valence-electron chi connectivity index (χ4n) is 2.96. The summed E-state index contributed by atoms with van der Waals surface area (Å²) in [6.07, 6.45) is 1.78. The largest absolute Gasteiger partial charge is 0.497 e. The fourth-order valence-corrected chi connectivity index (χ4v) is 2.96. The van der Waals surface area contributed by atoms with Gasteiger partial charge in [0.2, 0.25) is 5.91 Å². The van der Waals surface area contributed by atoms with E-state index in [2.05, 4.69) is 25.6 Å². The Kier molecular flexibility index (Phi) is 5.07. The number of nitrogens with zero attached hydrogens (tertiary/aromatic N) is 4. The maximum absolute atomic E-state index is 11.7. The normalized spacial score (nSPS) is 10.7. The van der Waals surface area contributed by atoms with Crippen molar-refractivity contribution in [1.29, 1.82) is 0 Å². The van der Waals surface area contributed by atoms with Gasteiger partial charge >= 0.3 is 0 Å². The third kappa shape index (κ3) is 4.16. The number of carbonyl (C=O) groups excluding carboxylic acids is 1. The van der Waals surface area contributed by atoms with Crippen LogP contribution in [0.15, 0.2) is 60.8 Å². The van der Waals surface area contributed by atoms with Crippen LogP contribution in [0.3, 0.4) is 0 Å². The van der Waals surface area contributed by atoms with Gasteiger partial charge in [-0.2, -0.15) is 10.2 Å². The van der Waals surface area contributed by atoms with E-state index in [0.29, 0.717) is 29.6 Å². The van der Waals surface area contributed by atoms with Crippen molar-refractivity contribution in [3.63, 3.8) is 0 Å². The number of aromatic amines is 1. The Balaban J connectivity index is 1.65. The van der Waals surface area contributed by atoms with E-state index >= 15 is 0 Å². The van der Waals surface area contributed by atoms with E-state index in [0.717, 1.165) is 16.9 Å². The van der Waals surface area contributed by atoms with Crippen molar-refractivity contribution in [2.75, 3.05) is 12.4 Å². The Bertz CT molecular complexity index is 1120. The fraction of sp³-hybridized carbons (Fsp3) is 0.143. The first-order valence-corrected chi connectivity index (χ1v) is 9.08. The van der Waals surface area contributed by atoms with Crippen molar-refractivity contribution in [2.24, 2.45) is 0 Å². The lowest BCUT2D eigenvalue weighted by molar-refractivity contribution is -0.114. The van der Waals surface area contributed by atoms with Crippen LogP contribution in [0.4, 0.5) is 5.69 Å². The Labute approximate surface area is 167 Å². The molecular formula is C21H20N6O2. The molecule has 2 aromatic carbocycles. The van der Waals surface area contributed by atoms with Crippen LogP contribution < -0.4 is 10.1 Å². The lowest BCUT2D eigenvalue weighted by Crippen LogP contribution is -2.06. The molecule has 0 atom stereocenters. The number of H-pyrrole nitrogens is 1. The number of carbonyl (C=O) groups is 1. The van der Waals surface area contributed by atoms with Crippen LogP contribution in [-0.2, 0) is 11.3 Å². The first kappa shape index (κ1) is 18.4. The lowest BCUT2D eigenvalue weighted by atomic mass is 10.2. The molecule has 4 aromatic rings. The molecule has 1 amide bonds. The van der Waals surface area contributed by atoms with E-state index in [9.17, 15) is 4.79 Å². The molecule has 4 rings (SSSR count). The molecule has 8 heteroatoms. The highest BCUT2D eigenvalue weighted by atomic mass is 16.5. The molecule has 0 fully saturated rings. The minimum atomic E-state index is -0.182. The predicted molar refractivity (Wildman–Crippen MR) is 109 cm³/mol. The van der Waals surface area contributed by atoms with E-state index < -0.39 is 0 Å². The zero-order valence-electron chi connectivity index (χ0n) is 16.1. The average Bonchev–Trinajstić information content (AvgIpc) is 3.36. The Morgan fingerprint density at radius 1 is 1.14 bits per heavy atom. The third-order valence-electron chi connectivity index (χ3n) is 4.32. The first-order valence-electron chi connectivity index (χ1n) is 9.08. The summed E-state index contributed by atoms with van der Waals surface area (Å²) in [4.78, 5) is 16.2. The van der Waals surface area contributed by atoms with Crippen LogP contribution >= 0.6 is 0 Å². The summed E-state index contributed by atoms with van der Waals surface area (Å²) >= 11 is 0. The number of anilines is 1. The molecule has 0 aliphatic rings. The number of hydrogen-bond donors (Lipinski definition) is 2. The number of nitrogens with one attached hydrogen (secondary N) is 2. The minimum absolute atomic E-state index is 0.182. The standard InChI is InChI=1S/C21H20N6O2/c1-14(28)22-18-13-27(12-15-8-10-17(29-2)11-9-15)26-19(18)21-23-20(24-25-21)16-6-4-3-5-7-16/h3-11,13H,12H2,1-2H3,(H,22,28)(H,23,24,25). The van der Waals surface area contributed by atoms with Crippen molar-refractivity contribution in [1.82, 2.24) is 25.0 Å².